The van der Waals surface area contributed by atoms with Crippen LogP contribution in [0.5, 0.6) is 17.2 Å². The van der Waals surface area contributed by atoms with E-state index in [-0.39, 0.29) is 11.6 Å². The van der Waals surface area contributed by atoms with Crippen LogP contribution in [-0.4, -0.2) is 50.4 Å². The molecule has 1 aromatic rings. The van der Waals surface area contributed by atoms with Crippen molar-refractivity contribution in [2.24, 2.45) is 5.73 Å². The van der Waals surface area contributed by atoms with E-state index in [4.69, 9.17) is 19.9 Å². The fraction of sp³-hybridized carbons (Fsp3) is 0.647. The van der Waals surface area contributed by atoms with E-state index in [1.165, 1.54) is 0 Å². The molecule has 0 amide bonds. The van der Waals surface area contributed by atoms with E-state index in [1.54, 1.807) is 14.2 Å². The smallest absolute Gasteiger partial charge is 0.203 e. The fourth-order valence-electron chi connectivity index (χ4n) is 2.86. The lowest BCUT2D eigenvalue weighted by atomic mass is 10.0. The molecule has 124 valence electrons. The highest BCUT2D eigenvalue weighted by molar-refractivity contribution is 5.51. The summed E-state index contributed by atoms with van der Waals surface area (Å²) in [5.41, 5.74) is 5.94. The molecule has 22 heavy (non-hydrogen) atoms. The lowest BCUT2D eigenvalue weighted by Gasteiger charge is -2.36. The Hall–Kier alpha value is -1.46. The quantitative estimate of drug-likeness (QED) is 0.874. The first kappa shape index (κ1) is 16.9. The summed E-state index contributed by atoms with van der Waals surface area (Å²) >= 11 is 0. The number of para-hydroxylation sites is 1. The third kappa shape index (κ3) is 4.52. The molecule has 0 unspecified atom stereocenters. The molecule has 2 rings (SSSR count). The minimum atomic E-state index is -0.153. The Kier molecular flexibility index (Phi) is 5.53. The van der Waals surface area contributed by atoms with Crippen LogP contribution in [0.1, 0.15) is 26.7 Å². The Labute approximate surface area is 133 Å². The van der Waals surface area contributed by atoms with Crippen LogP contribution in [-0.2, 0) is 0 Å². The van der Waals surface area contributed by atoms with Crippen molar-refractivity contribution in [3.63, 3.8) is 0 Å². The standard InChI is InChI=1S/C17H28N2O3/c1-17(2,18)12-19-10-8-13(9-11-19)22-16-14(20-3)6-5-7-15(16)21-4/h5-7,13H,8-12,18H2,1-4H3. The molecule has 0 bridgehead atoms. The van der Waals surface area contributed by atoms with Crippen molar-refractivity contribution in [3.8, 4) is 17.2 Å². The van der Waals surface area contributed by atoms with Gasteiger partial charge in [-0.1, -0.05) is 6.07 Å². The van der Waals surface area contributed by atoms with E-state index in [2.05, 4.69) is 18.7 Å². The molecule has 1 aromatic carbocycles. The van der Waals surface area contributed by atoms with E-state index in [9.17, 15) is 0 Å². The zero-order valence-electron chi connectivity index (χ0n) is 14.1. The predicted octanol–water partition coefficient (Wildman–Crippen LogP) is 2.28. The number of rotatable bonds is 6. The van der Waals surface area contributed by atoms with Crippen molar-refractivity contribution in [2.45, 2.75) is 38.3 Å². The van der Waals surface area contributed by atoms with E-state index in [0.717, 1.165) is 32.5 Å². The van der Waals surface area contributed by atoms with Crippen LogP contribution in [0.3, 0.4) is 0 Å². The van der Waals surface area contributed by atoms with E-state index in [0.29, 0.717) is 17.2 Å². The van der Waals surface area contributed by atoms with Crippen molar-refractivity contribution in [3.05, 3.63) is 18.2 Å². The summed E-state index contributed by atoms with van der Waals surface area (Å²) < 4.78 is 16.9. The van der Waals surface area contributed by atoms with Crippen LogP contribution >= 0.6 is 0 Å². The molecule has 0 saturated carbocycles. The molecule has 1 fully saturated rings. The molecule has 5 nitrogen and oxygen atoms in total. The Morgan fingerprint density at radius 3 is 2.14 bits per heavy atom. The minimum Gasteiger partial charge on any atom is -0.493 e. The highest BCUT2D eigenvalue weighted by Crippen LogP contribution is 2.38. The molecule has 0 aliphatic carbocycles. The first-order chi connectivity index (χ1) is 10.4. The van der Waals surface area contributed by atoms with E-state index < -0.39 is 0 Å². The van der Waals surface area contributed by atoms with Gasteiger partial charge in [0, 0.05) is 25.2 Å². The lowest BCUT2D eigenvalue weighted by molar-refractivity contribution is 0.0859. The van der Waals surface area contributed by atoms with Crippen molar-refractivity contribution >= 4 is 0 Å². The largest absolute Gasteiger partial charge is 0.493 e. The van der Waals surface area contributed by atoms with Gasteiger partial charge in [0.15, 0.2) is 11.5 Å². The van der Waals surface area contributed by atoms with Crippen LogP contribution in [0.15, 0.2) is 18.2 Å². The first-order valence-electron chi connectivity index (χ1n) is 7.82. The number of likely N-dealkylation sites (tertiary alicyclic amines) is 1. The molecule has 0 radical (unpaired) electrons. The molecular weight excluding hydrogens is 280 g/mol. The first-order valence-corrected chi connectivity index (χ1v) is 7.82. The summed E-state index contributed by atoms with van der Waals surface area (Å²) in [4.78, 5) is 2.40. The average molecular weight is 308 g/mol. The van der Waals surface area contributed by atoms with Crippen LogP contribution < -0.4 is 19.9 Å². The third-order valence-corrected chi connectivity index (χ3v) is 3.83. The van der Waals surface area contributed by atoms with Gasteiger partial charge < -0.3 is 24.8 Å². The number of ether oxygens (including phenoxy) is 3. The highest BCUT2D eigenvalue weighted by atomic mass is 16.5. The monoisotopic (exact) mass is 308 g/mol. The Morgan fingerprint density at radius 2 is 1.68 bits per heavy atom. The number of hydrogen-bond acceptors (Lipinski definition) is 5. The van der Waals surface area contributed by atoms with Gasteiger partial charge in [0.2, 0.25) is 5.75 Å². The zero-order chi connectivity index (χ0) is 16.2. The van der Waals surface area contributed by atoms with Gasteiger partial charge in [-0.3, -0.25) is 0 Å². The number of hydrogen-bond donors (Lipinski definition) is 1. The van der Waals surface area contributed by atoms with Gasteiger partial charge in [0.25, 0.3) is 0 Å². The molecule has 2 N–H and O–H groups in total. The molecule has 5 heteroatoms. The topological polar surface area (TPSA) is 57.0 Å². The fourth-order valence-corrected chi connectivity index (χ4v) is 2.86. The van der Waals surface area contributed by atoms with Crippen molar-refractivity contribution in [1.82, 2.24) is 4.90 Å². The number of nitrogens with two attached hydrogens (primary N) is 1. The van der Waals surface area contributed by atoms with Crippen molar-refractivity contribution < 1.29 is 14.2 Å². The highest BCUT2D eigenvalue weighted by Gasteiger charge is 2.25. The number of methoxy groups -OCH3 is 2. The average Bonchev–Trinajstić information content (AvgIpc) is 2.48. The van der Waals surface area contributed by atoms with Crippen LogP contribution in [0.4, 0.5) is 0 Å². The Balaban J connectivity index is 1.96. The molecule has 1 saturated heterocycles. The van der Waals surface area contributed by atoms with Gasteiger partial charge in [0.1, 0.15) is 6.10 Å². The third-order valence-electron chi connectivity index (χ3n) is 3.83. The Bertz CT molecular complexity index is 455. The summed E-state index contributed by atoms with van der Waals surface area (Å²) in [6.07, 6.45) is 2.15. The minimum absolute atomic E-state index is 0.153. The SMILES string of the molecule is COc1cccc(OC)c1OC1CCN(CC(C)(C)N)CC1. The van der Waals surface area contributed by atoms with Gasteiger partial charge >= 0.3 is 0 Å². The van der Waals surface area contributed by atoms with E-state index >= 15 is 0 Å². The van der Waals surface area contributed by atoms with Gasteiger partial charge in [-0.05, 0) is 38.8 Å². The van der Waals surface area contributed by atoms with Crippen LogP contribution in [0.25, 0.3) is 0 Å². The summed E-state index contributed by atoms with van der Waals surface area (Å²) in [6.45, 7) is 7.05. The van der Waals surface area contributed by atoms with Gasteiger partial charge in [-0.2, -0.15) is 0 Å². The second kappa shape index (κ2) is 7.20. The maximum Gasteiger partial charge on any atom is 0.203 e. The van der Waals surface area contributed by atoms with Gasteiger partial charge in [-0.25, -0.2) is 0 Å². The summed E-state index contributed by atoms with van der Waals surface area (Å²) in [5.74, 6) is 2.12. The Morgan fingerprint density at radius 1 is 1.14 bits per heavy atom. The van der Waals surface area contributed by atoms with Crippen LogP contribution in [0.2, 0.25) is 0 Å². The number of nitrogens with zero attached hydrogens (tertiary/aromatic N) is 1. The normalized spacial score (nSPS) is 17.3. The molecule has 1 aliphatic rings. The van der Waals surface area contributed by atoms with E-state index in [1.807, 2.05) is 18.2 Å². The second-order valence-corrected chi connectivity index (χ2v) is 6.57. The summed E-state index contributed by atoms with van der Waals surface area (Å²) in [7, 11) is 3.29. The van der Waals surface area contributed by atoms with Crippen molar-refractivity contribution in [1.29, 1.82) is 0 Å². The van der Waals surface area contributed by atoms with Crippen LogP contribution in [0, 0.1) is 0 Å². The lowest BCUT2D eigenvalue weighted by Crippen LogP contribution is -2.49. The van der Waals surface area contributed by atoms with Gasteiger partial charge in [-0.15, -0.1) is 0 Å². The molecule has 0 aromatic heterocycles. The maximum absolute atomic E-state index is 6.17. The van der Waals surface area contributed by atoms with Gasteiger partial charge in [0.05, 0.1) is 14.2 Å². The molecule has 0 atom stereocenters. The van der Waals surface area contributed by atoms with Crippen molar-refractivity contribution in [2.75, 3.05) is 33.9 Å². The molecule has 1 aliphatic heterocycles. The second-order valence-electron chi connectivity index (χ2n) is 6.57. The predicted molar refractivity (Wildman–Crippen MR) is 87.9 cm³/mol. The summed E-state index contributed by atoms with van der Waals surface area (Å²) in [5, 5.41) is 0. The molecule has 1 heterocycles. The molecular formula is C17H28N2O3. The number of piperidine rings is 1. The zero-order valence-corrected chi connectivity index (χ0v) is 14.1. The number of benzene rings is 1. The maximum atomic E-state index is 6.17. The molecule has 0 spiro atoms. The summed E-state index contributed by atoms with van der Waals surface area (Å²) in [6, 6.07) is 5.68.